The van der Waals surface area contributed by atoms with E-state index in [2.05, 4.69) is 0 Å². The van der Waals surface area contributed by atoms with Crippen LogP contribution in [0.4, 0.5) is 11.4 Å². The molecule has 0 aliphatic carbocycles. The van der Waals surface area contributed by atoms with E-state index >= 15 is 0 Å². The number of rotatable bonds is 11. The van der Waals surface area contributed by atoms with Crippen LogP contribution in [0.1, 0.15) is 20.7 Å². The molecule has 0 unspecified atom stereocenters. The molecule has 0 aromatic heterocycles. The Morgan fingerprint density at radius 1 is 0.465 bits per heavy atom. The number of carbonyl (C=O) groups excluding carboxylic acids is 2. The third kappa shape index (κ3) is 5.13. The standard InChI is InChI=1S/2C7H5NO4.3C6H5.Sb/c2*9-7(10)5-3-1-2-4-6(5)8(11)12;3*1-2-4-6-5-3-1;/h2*1-4H,(H,9,10);3*1-5H;/q;;;;;+2/p-2. The molecule has 214 valence electrons. The van der Waals surface area contributed by atoms with Crippen LogP contribution in [0.15, 0.2) is 140 Å². The molecule has 0 atom stereocenters. The summed E-state index contributed by atoms with van der Waals surface area (Å²) >= 11 is -6.55. The van der Waals surface area contributed by atoms with Crippen molar-refractivity contribution >= 4 is 52.1 Å². The molecule has 0 heterocycles. The molecule has 0 amide bonds. The molecule has 0 bridgehead atoms. The number of carbonyl (C=O) groups is 2. The van der Waals surface area contributed by atoms with Crippen LogP contribution in [0.5, 0.6) is 0 Å². The van der Waals surface area contributed by atoms with Crippen LogP contribution in [-0.2, 0) is 6.23 Å². The Labute approximate surface area is 247 Å². The van der Waals surface area contributed by atoms with E-state index in [0.29, 0.717) is 10.5 Å². The van der Waals surface area contributed by atoms with Gasteiger partial charge in [-0.15, -0.1) is 0 Å². The number of hydrogen-bond acceptors (Lipinski definition) is 8. The predicted octanol–water partition coefficient (Wildman–Crippen LogP) is 1.92. The van der Waals surface area contributed by atoms with Crippen molar-refractivity contribution in [3.63, 3.8) is 0 Å². The van der Waals surface area contributed by atoms with E-state index < -0.39 is 52.7 Å². The first-order valence-corrected chi connectivity index (χ1v) is 18.8. The number of benzene rings is 5. The minimum absolute atomic E-state index is 0.0261. The van der Waals surface area contributed by atoms with Crippen molar-refractivity contribution in [2.75, 3.05) is 0 Å². The number of aromatic carboxylic acids is 2. The van der Waals surface area contributed by atoms with Crippen LogP contribution in [0.25, 0.3) is 0 Å². The summed E-state index contributed by atoms with van der Waals surface area (Å²) in [6, 6.07) is 35.6. The maximum absolute atomic E-state index is 14.2. The third-order valence-electron chi connectivity index (χ3n) is 6.78. The molecule has 0 fully saturated rings. The molecule has 11 heteroatoms. The molecule has 0 spiro atoms. The van der Waals surface area contributed by atoms with E-state index in [9.17, 15) is 29.6 Å². The van der Waals surface area contributed by atoms with Gasteiger partial charge in [-0.1, -0.05) is 0 Å². The van der Waals surface area contributed by atoms with Crippen LogP contribution in [0.2, 0.25) is 0 Å². The van der Waals surface area contributed by atoms with Crippen LogP contribution in [-0.4, -0.2) is 40.0 Å². The molecule has 5 rings (SSSR count). The Hall–Kier alpha value is -5.34. The van der Waals surface area contributed by atoms with Gasteiger partial charge in [0.05, 0.1) is 0 Å². The first-order valence-electron chi connectivity index (χ1n) is 12.9. The van der Waals surface area contributed by atoms with Crippen molar-refractivity contribution in [1.82, 2.24) is 0 Å². The number of para-hydroxylation sites is 2. The summed E-state index contributed by atoms with van der Waals surface area (Å²) in [6.45, 7) is 0. The van der Waals surface area contributed by atoms with Gasteiger partial charge in [0.2, 0.25) is 0 Å². The average Bonchev–Trinajstić information content (AvgIpc) is 3.05. The Morgan fingerprint density at radius 2 is 0.744 bits per heavy atom. The zero-order valence-electron chi connectivity index (χ0n) is 22.4. The molecule has 0 N–H and O–H groups in total. The van der Waals surface area contributed by atoms with Crippen LogP contribution >= 0.6 is 0 Å². The van der Waals surface area contributed by atoms with Gasteiger partial charge in [-0.2, -0.15) is 0 Å². The molecule has 0 radical (unpaired) electrons. The number of nitrogens with zero attached hydrogens (tertiary/aromatic N) is 2. The number of hydrogen-bond donors (Lipinski definition) is 0. The molecule has 0 aliphatic rings. The average molecular weight is 685 g/mol. The Balaban J connectivity index is 1.90. The SMILES string of the molecule is O=C([O-])c1ccccc1[N+](=O)[O][Sb]([O][N+](=O)c1ccccc1C(=O)[O-])([c]1ccccc1)([c]1ccccc1)[c]1ccccc1. The summed E-state index contributed by atoms with van der Waals surface area (Å²) in [7, 11) is 0. The quantitative estimate of drug-likeness (QED) is 0.152. The summed E-state index contributed by atoms with van der Waals surface area (Å²) in [5, 5.41) is 24.0. The second kappa shape index (κ2) is 11.9. The molecule has 0 saturated carbocycles. The van der Waals surface area contributed by atoms with Crippen molar-refractivity contribution in [3.8, 4) is 0 Å². The fourth-order valence-electron chi connectivity index (χ4n) is 4.82. The van der Waals surface area contributed by atoms with E-state index in [1.807, 2.05) is 0 Å². The first kappa shape index (κ1) is 29.2. The van der Waals surface area contributed by atoms with Crippen LogP contribution in [0.3, 0.4) is 0 Å². The zero-order valence-corrected chi connectivity index (χ0v) is 24.9. The van der Waals surface area contributed by atoms with Gasteiger partial charge in [0.25, 0.3) is 0 Å². The third-order valence-corrected chi connectivity index (χ3v) is 20.0. The fraction of sp³-hybridized carbons (Fsp3) is 0. The van der Waals surface area contributed by atoms with Crippen LogP contribution in [0, 0.1) is 9.81 Å². The van der Waals surface area contributed by atoms with Crippen molar-refractivity contribution in [3.05, 3.63) is 160 Å². The molecule has 5 aromatic carbocycles. The Kier molecular flexibility index (Phi) is 8.05. The Morgan fingerprint density at radius 3 is 1.05 bits per heavy atom. The summed E-state index contributed by atoms with van der Waals surface area (Å²) < 4.78 is 14.0. The summed E-state index contributed by atoms with van der Waals surface area (Å²) in [4.78, 5) is 52.3. The van der Waals surface area contributed by atoms with Gasteiger partial charge in [0.15, 0.2) is 0 Å². The zero-order chi connectivity index (χ0) is 30.5. The maximum atomic E-state index is 14.2. The van der Waals surface area contributed by atoms with Gasteiger partial charge in [-0.3, -0.25) is 0 Å². The van der Waals surface area contributed by atoms with E-state index in [4.69, 9.17) is 6.23 Å². The molecule has 0 saturated heterocycles. The molecular weight excluding hydrogens is 662 g/mol. The number of carboxylic acids is 2. The topological polar surface area (TPSA) is 139 Å². The second-order valence-corrected chi connectivity index (χ2v) is 20.1. The van der Waals surface area contributed by atoms with Gasteiger partial charge in [0, 0.05) is 0 Å². The molecule has 43 heavy (non-hydrogen) atoms. The fourth-order valence-corrected chi connectivity index (χ4v) is 17.3. The monoisotopic (exact) mass is 684 g/mol. The van der Waals surface area contributed by atoms with Crippen molar-refractivity contribution in [2.24, 2.45) is 0 Å². The predicted molar refractivity (Wildman–Crippen MR) is 154 cm³/mol. The van der Waals surface area contributed by atoms with Crippen molar-refractivity contribution in [2.45, 2.75) is 0 Å². The minimum atomic E-state index is -6.55. The van der Waals surface area contributed by atoms with E-state index in [1.165, 1.54) is 48.5 Å². The van der Waals surface area contributed by atoms with E-state index in [0.717, 1.165) is 0 Å². The van der Waals surface area contributed by atoms with Gasteiger partial charge in [-0.05, 0) is 0 Å². The van der Waals surface area contributed by atoms with Gasteiger partial charge >= 0.3 is 248 Å². The van der Waals surface area contributed by atoms with Crippen molar-refractivity contribution in [1.29, 1.82) is 0 Å². The van der Waals surface area contributed by atoms with Gasteiger partial charge in [0.1, 0.15) is 0 Å². The summed E-state index contributed by atoms with van der Waals surface area (Å²) in [5.74, 6) is -3.25. The van der Waals surface area contributed by atoms with E-state index in [-0.39, 0.29) is 9.85 Å². The van der Waals surface area contributed by atoms with Gasteiger partial charge in [-0.25, -0.2) is 0 Å². The summed E-state index contributed by atoms with van der Waals surface area (Å²) in [6.07, 6.45) is 0. The number of carboxylic acid groups (broad SMARTS) is 2. The molecule has 5 aromatic rings. The first-order chi connectivity index (χ1) is 20.8. The molecule has 10 nitrogen and oxygen atoms in total. The van der Waals surface area contributed by atoms with Crippen LogP contribution < -0.4 is 20.7 Å². The molecule has 0 aliphatic heterocycles. The second-order valence-electron chi connectivity index (χ2n) is 9.25. The van der Waals surface area contributed by atoms with E-state index in [1.54, 1.807) is 91.0 Å². The normalized spacial score (nSPS) is 11.9. The molecular formula is C32H23N2O8Sb. The Bertz CT molecular complexity index is 1660. The van der Waals surface area contributed by atoms with Crippen molar-refractivity contribution < 1.29 is 35.9 Å². The van der Waals surface area contributed by atoms with Gasteiger partial charge < -0.3 is 0 Å². The summed E-state index contributed by atoms with van der Waals surface area (Å²) in [5.41, 5.74) is -1.72.